The molecule has 0 saturated carbocycles. The minimum atomic E-state index is 0.449. The fourth-order valence-corrected chi connectivity index (χ4v) is 1.58. The number of rotatable bonds is 2. The topological polar surface area (TPSA) is 63.8 Å². The van der Waals surface area contributed by atoms with Gasteiger partial charge in [0.2, 0.25) is 0 Å². The first-order chi connectivity index (χ1) is 8.33. The second kappa shape index (κ2) is 4.03. The van der Waals surface area contributed by atoms with Crippen molar-refractivity contribution in [2.45, 2.75) is 0 Å². The van der Waals surface area contributed by atoms with E-state index in [1.54, 1.807) is 24.7 Å². The lowest BCUT2D eigenvalue weighted by Gasteiger charge is -2.01. The van der Waals surface area contributed by atoms with Gasteiger partial charge in [-0.3, -0.25) is 4.98 Å². The van der Waals surface area contributed by atoms with Gasteiger partial charge in [0, 0.05) is 6.20 Å². The number of fused-ring (bicyclic) bond motifs is 1. The van der Waals surface area contributed by atoms with Gasteiger partial charge in [0.1, 0.15) is 5.15 Å². The molecule has 3 heterocycles. The quantitative estimate of drug-likeness (QED) is 0.704. The Morgan fingerprint density at radius 2 is 2.12 bits per heavy atom. The monoisotopic (exact) mass is 246 g/mol. The smallest absolute Gasteiger partial charge is 0.187 e. The maximum Gasteiger partial charge on any atom is 0.187 e. The van der Waals surface area contributed by atoms with Gasteiger partial charge in [-0.2, -0.15) is 0 Å². The van der Waals surface area contributed by atoms with Crippen molar-refractivity contribution in [3.63, 3.8) is 0 Å². The van der Waals surface area contributed by atoms with Crippen LogP contribution in [0.1, 0.15) is 0 Å². The van der Waals surface area contributed by atoms with Crippen molar-refractivity contribution in [1.82, 2.24) is 15.1 Å². The Kier molecular flexibility index (Phi) is 2.38. The first-order valence-electron chi connectivity index (χ1n) is 4.91. The van der Waals surface area contributed by atoms with Crippen molar-refractivity contribution in [2.24, 2.45) is 0 Å². The van der Waals surface area contributed by atoms with Gasteiger partial charge in [-0.1, -0.05) is 16.8 Å². The summed E-state index contributed by atoms with van der Waals surface area (Å²) in [7, 11) is 0. The molecular formula is C11H7ClN4O. The summed E-state index contributed by atoms with van der Waals surface area (Å²) in [5, 5.41) is 8.35. The molecule has 3 aromatic heterocycles. The zero-order valence-corrected chi connectivity index (χ0v) is 9.35. The zero-order chi connectivity index (χ0) is 11.7. The van der Waals surface area contributed by atoms with Crippen LogP contribution in [0.3, 0.4) is 0 Å². The lowest BCUT2D eigenvalue weighted by molar-refractivity contribution is 0.459. The third-order valence-corrected chi connectivity index (χ3v) is 2.49. The van der Waals surface area contributed by atoms with Crippen molar-refractivity contribution < 1.29 is 4.52 Å². The van der Waals surface area contributed by atoms with E-state index in [2.05, 4.69) is 20.4 Å². The van der Waals surface area contributed by atoms with E-state index in [0.29, 0.717) is 16.6 Å². The summed E-state index contributed by atoms with van der Waals surface area (Å²) in [5.74, 6) is 0.631. The van der Waals surface area contributed by atoms with E-state index in [-0.39, 0.29) is 0 Å². The van der Waals surface area contributed by atoms with Crippen LogP contribution in [0.15, 0.2) is 41.3 Å². The van der Waals surface area contributed by atoms with Crippen LogP contribution in [0.5, 0.6) is 0 Å². The van der Waals surface area contributed by atoms with Crippen LogP contribution in [0.25, 0.3) is 11.0 Å². The lowest BCUT2D eigenvalue weighted by Crippen LogP contribution is -1.91. The highest BCUT2D eigenvalue weighted by atomic mass is 35.5. The van der Waals surface area contributed by atoms with Gasteiger partial charge >= 0.3 is 0 Å². The average Bonchev–Trinajstić information content (AvgIpc) is 2.76. The molecule has 5 nitrogen and oxygen atoms in total. The maximum atomic E-state index is 5.71. The summed E-state index contributed by atoms with van der Waals surface area (Å²) < 4.78 is 5.12. The van der Waals surface area contributed by atoms with Crippen molar-refractivity contribution in [3.8, 4) is 0 Å². The van der Waals surface area contributed by atoms with Gasteiger partial charge in [-0.05, 0) is 18.2 Å². The molecule has 17 heavy (non-hydrogen) atoms. The van der Waals surface area contributed by atoms with Crippen LogP contribution >= 0.6 is 11.6 Å². The maximum absolute atomic E-state index is 5.71. The van der Waals surface area contributed by atoms with Crippen molar-refractivity contribution in [2.75, 3.05) is 5.32 Å². The van der Waals surface area contributed by atoms with Crippen molar-refractivity contribution in [1.29, 1.82) is 0 Å². The Hall–Kier alpha value is -2.14. The summed E-state index contributed by atoms with van der Waals surface area (Å²) in [4.78, 5) is 7.93. The molecule has 1 N–H and O–H groups in total. The van der Waals surface area contributed by atoms with E-state index in [1.165, 1.54) is 0 Å². The summed E-state index contributed by atoms with van der Waals surface area (Å²) in [6.07, 6.45) is 4.93. The Morgan fingerprint density at radius 1 is 1.18 bits per heavy atom. The van der Waals surface area contributed by atoms with E-state index in [1.807, 2.05) is 12.1 Å². The minimum Gasteiger partial charge on any atom is -0.352 e. The molecule has 0 radical (unpaired) electrons. The highest BCUT2D eigenvalue weighted by Crippen LogP contribution is 2.24. The number of hydrogen-bond acceptors (Lipinski definition) is 5. The van der Waals surface area contributed by atoms with Gasteiger partial charge in [-0.25, -0.2) is 4.98 Å². The molecule has 0 aliphatic carbocycles. The van der Waals surface area contributed by atoms with E-state index >= 15 is 0 Å². The number of halogens is 1. The molecule has 0 aliphatic rings. The number of hydrogen-bond donors (Lipinski definition) is 1. The molecule has 6 heteroatoms. The van der Waals surface area contributed by atoms with Gasteiger partial charge in [0.25, 0.3) is 0 Å². The fourth-order valence-electron chi connectivity index (χ4n) is 1.47. The second-order valence-electron chi connectivity index (χ2n) is 3.40. The Bertz CT molecular complexity index is 650. The van der Waals surface area contributed by atoms with E-state index in [4.69, 9.17) is 16.1 Å². The van der Waals surface area contributed by atoms with Crippen LogP contribution < -0.4 is 5.32 Å². The van der Waals surface area contributed by atoms with Crippen LogP contribution in [0.2, 0.25) is 5.15 Å². The van der Waals surface area contributed by atoms with Gasteiger partial charge in [0.05, 0.1) is 23.5 Å². The second-order valence-corrected chi connectivity index (χ2v) is 3.78. The van der Waals surface area contributed by atoms with E-state index < -0.39 is 0 Å². The van der Waals surface area contributed by atoms with Crippen molar-refractivity contribution >= 4 is 34.1 Å². The van der Waals surface area contributed by atoms with E-state index in [0.717, 1.165) is 11.1 Å². The standard InChI is InChI=1S/C11H7ClN4O/c12-10-2-1-7(5-14-10)15-11-8-3-4-13-6-9(8)17-16-11/h1-6H,(H,15,16). The van der Waals surface area contributed by atoms with Gasteiger partial charge in [-0.15, -0.1) is 0 Å². The molecule has 3 aromatic rings. The molecule has 0 spiro atoms. The molecule has 0 amide bonds. The molecular weight excluding hydrogens is 240 g/mol. The predicted octanol–water partition coefficient (Wildman–Crippen LogP) is 3.01. The molecule has 0 aliphatic heterocycles. The highest BCUT2D eigenvalue weighted by molar-refractivity contribution is 6.29. The summed E-state index contributed by atoms with van der Waals surface area (Å²) in [6, 6.07) is 5.35. The Balaban J connectivity index is 1.97. The fraction of sp³-hybridized carbons (Fsp3) is 0. The molecule has 0 atom stereocenters. The average molecular weight is 247 g/mol. The lowest BCUT2D eigenvalue weighted by atomic mass is 10.3. The van der Waals surface area contributed by atoms with Crippen LogP contribution in [0.4, 0.5) is 11.5 Å². The summed E-state index contributed by atoms with van der Waals surface area (Å²) >= 11 is 5.71. The SMILES string of the molecule is Clc1ccc(Nc2noc3cnccc23)cn1. The Morgan fingerprint density at radius 3 is 2.94 bits per heavy atom. The molecule has 0 bridgehead atoms. The van der Waals surface area contributed by atoms with Crippen LogP contribution in [-0.2, 0) is 0 Å². The van der Waals surface area contributed by atoms with Gasteiger partial charge < -0.3 is 9.84 Å². The summed E-state index contributed by atoms with van der Waals surface area (Å²) in [5.41, 5.74) is 1.43. The van der Waals surface area contributed by atoms with Crippen molar-refractivity contribution in [3.05, 3.63) is 41.9 Å². The molecule has 3 rings (SSSR count). The normalized spacial score (nSPS) is 10.6. The zero-order valence-electron chi connectivity index (χ0n) is 8.59. The first-order valence-corrected chi connectivity index (χ1v) is 5.29. The molecule has 0 unspecified atom stereocenters. The number of aromatic nitrogens is 3. The molecule has 0 aromatic carbocycles. The number of nitrogens with one attached hydrogen (secondary N) is 1. The highest BCUT2D eigenvalue weighted by Gasteiger charge is 2.07. The van der Waals surface area contributed by atoms with Crippen LogP contribution in [0, 0.1) is 0 Å². The minimum absolute atomic E-state index is 0.449. The first kappa shape index (κ1) is 10.0. The largest absolute Gasteiger partial charge is 0.352 e. The predicted molar refractivity (Wildman–Crippen MR) is 64.3 cm³/mol. The summed E-state index contributed by atoms with van der Waals surface area (Å²) in [6.45, 7) is 0. The third-order valence-electron chi connectivity index (χ3n) is 2.27. The molecule has 0 saturated heterocycles. The molecule has 0 fully saturated rings. The van der Waals surface area contributed by atoms with E-state index in [9.17, 15) is 0 Å². The third kappa shape index (κ3) is 1.92. The number of pyridine rings is 2. The number of anilines is 2. The Labute approximate surface area is 101 Å². The number of nitrogens with zero attached hydrogens (tertiary/aromatic N) is 3. The van der Waals surface area contributed by atoms with Crippen LogP contribution in [-0.4, -0.2) is 15.1 Å². The molecule has 84 valence electrons. The van der Waals surface area contributed by atoms with Gasteiger partial charge in [0.15, 0.2) is 11.4 Å².